The summed E-state index contributed by atoms with van der Waals surface area (Å²) in [5.41, 5.74) is 5.06. The van der Waals surface area contributed by atoms with Gasteiger partial charge in [0.25, 0.3) is 0 Å². The molecule has 7 nitrogen and oxygen atoms in total. The molecule has 1 unspecified atom stereocenters. The third kappa shape index (κ3) is 2.08. The number of hydrogen-bond acceptors (Lipinski definition) is 6. The molecule has 1 atom stereocenters. The largest absolute Gasteiger partial charge is 0.259 e. The Morgan fingerprint density at radius 2 is 2.00 bits per heavy atom. The average Bonchev–Trinajstić information content (AvgIpc) is 3.28. The van der Waals surface area contributed by atoms with Crippen molar-refractivity contribution in [1.29, 1.82) is 0 Å². The van der Waals surface area contributed by atoms with Gasteiger partial charge in [-0.3, -0.25) is 4.68 Å². The Balaban J connectivity index is 1.77. The normalized spacial score (nSPS) is 13.2. The van der Waals surface area contributed by atoms with E-state index in [1.165, 1.54) is 5.56 Å². The van der Waals surface area contributed by atoms with Gasteiger partial charge in [0.1, 0.15) is 21.9 Å². The highest BCUT2D eigenvalue weighted by atomic mass is 32.1. The summed E-state index contributed by atoms with van der Waals surface area (Å²) >= 11 is 1.63. The molecule has 0 aromatic carbocycles. The van der Waals surface area contributed by atoms with E-state index < -0.39 is 0 Å². The molecule has 26 heavy (non-hydrogen) atoms. The van der Waals surface area contributed by atoms with Crippen LogP contribution in [0.1, 0.15) is 35.7 Å². The SMILES string of the molecule is Cc1cc(C)c2c(n1)sc1c2ncn2nc(C(C)n3nccc3C)nc12. The fourth-order valence-electron chi connectivity index (χ4n) is 3.46. The Hall–Kier alpha value is -2.87. The Morgan fingerprint density at radius 1 is 1.15 bits per heavy atom. The molecule has 0 amide bonds. The zero-order chi connectivity index (χ0) is 18.0. The lowest BCUT2D eigenvalue weighted by Gasteiger charge is -2.09. The molecule has 0 saturated carbocycles. The summed E-state index contributed by atoms with van der Waals surface area (Å²) in [4.78, 5) is 15.1. The first-order chi connectivity index (χ1) is 12.5. The summed E-state index contributed by atoms with van der Waals surface area (Å²) < 4.78 is 4.70. The topological polar surface area (TPSA) is 73.8 Å². The van der Waals surface area contributed by atoms with Crippen molar-refractivity contribution in [2.45, 2.75) is 33.7 Å². The molecule has 0 spiro atoms. The number of aromatic nitrogens is 7. The van der Waals surface area contributed by atoms with Gasteiger partial charge in [-0.2, -0.15) is 5.10 Å². The third-order valence-corrected chi connectivity index (χ3v) is 5.79. The lowest BCUT2D eigenvalue weighted by molar-refractivity contribution is 0.523. The van der Waals surface area contributed by atoms with Crippen LogP contribution in [0.25, 0.3) is 26.1 Å². The molecule has 5 heterocycles. The molecule has 0 radical (unpaired) electrons. The van der Waals surface area contributed by atoms with Crippen LogP contribution in [-0.4, -0.2) is 34.3 Å². The third-order valence-electron chi connectivity index (χ3n) is 4.72. The molecular weight excluding hydrogens is 346 g/mol. The molecule has 0 saturated heterocycles. The van der Waals surface area contributed by atoms with Gasteiger partial charge in [0.05, 0.1) is 5.52 Å². The number of rotatable bonds is 2. The van der Waals surface area contributed by atoms with Crippen LogP contribution in [0.2, 0.25) is 0 Å². The summed E-state index contributed by atoms with van der Waals surface area (Å²) in [6, 6.07) is 4.03. The number of aryl methyl sites for hydroxylation is 3. The monoisotopic (exact) mass is 363 g/mol. The lowest BCUT2D eigenvalue weighted by Crippen LogP contribution is -2.11. The van der Waals surface area contributed by atoms with Gasteiger partial charge in [0.2, 0.25) is 0 Å². The van der Waals surface area contributed by atoms with E-state index in [-0.39, 0.29) is 6.04 Å². The summed E-state index contributed by atoms with van der Waals surface area (Å²) in [6.45, 7) is 8.21. The highest BCUT2D eigenvalue weighted by Crippen LogP contribution is 2.35. The van der Waals surface area contributed by atoms with E-state index in [2.05, 4.69) is 40.1 Å². The van der Waals surface area contributed by atoms with Crippen molar-refractivity contribution in [3.05, 3.63) is 47.4 Å². The minimum absolute atomic E-state index is 0.0450. The van der Waals surface area contributed by atoms with Crippen molar-refractivity contribution in [3.63, 3.8) is 0 Å². The van der Waals surface area contributed by atoms with Crippen LogP contribution in [0.15, 0.2) is 24.7 Å². The first-order valence-corrected chi connectivity index (χ1v) is 9.26. The van der Waals surface area contributed by atoms with E-state index in [1.54, 1.807) is 28.4 Å². The Labute approximate surface area is 153 Å². The van der Waals surface area contributed by atoms with E-state index in [9.17, 15) is 0 Å². The molecular formula is C18H17N7S. The van der Waals surface area contributed by atoms with E-state index in [4.69, 9.17) is 4.98 Å². The van der Waals surface area contributed by atoms with Crippen molar-refractivity contribution >= 4 is 37.4 Å². The second-order valence-electron chi connectivity index (χ2n) is 6.62. The van der Waals surface area contributed by atoms with Crippen LogP contribution in [0.3, 0.4) is 0 Å². The van der Waals surface area contributed by atoms with Gasteiger partial charge in [-0.1, -0.05) is 0 Å². The minimum atomic E-state index is -0.0450. The Bertz CT molecular complexity index is 1290. The standard InChI is InChI=1S/C18H17N7S/c1-9-7-10(2)21-18-13(9)14-15(26-18)17-22-16(23-24(17)8-19-14)12(4)25-11(3)5-6-20-25/h5-8,12H,1-4H3. The number of fused-ring (bicyclic) bond motifs is 5. The minimum Gasteiger partial charge on any atom is -0.259 e. The number of nitrogens with zero attached hydrogens (tertiary/aromatic N) is 7. The van der Waals surface area contributed by atoms with Crippen LogP contribution < -0.4 is 0 Å². The molecule has 0 N–H and O–H groups in total. The zero-order valence-corrected chi connectivity index (χ0v) is 15.7. The zero-order valence-electron chi connectivity index (χ0n) is 14.9. The van der Waals surface area contributed by atoms with Crippen LogP contribution in [0.5, 0.6) is 0 Å². The van der Waals surface area contributed by atoms with E-state index in [1.807, 2.05) is 24.6 Å². The lowest BCUT2D eigenvalue weighted by atomic mass is 10.1. The molecule has 5 aromatic heterocycles. The fourth-order valence-corrected chi connectivity index (χ4v) is 4.68. The highest BCUT2D eigenvalue weighted by molar-refractivity contribution is 7.26. The smallest absolute Gasteiger partial charge is 0.176 e. The number of hydrogen-bond donors (Lipinski definition) is 0. The molecule has 0 aliphatic heterocycles. The summed E-state index contributed by atoms with van der Waals surface area (Å²) in [6.07, 6.45) is 3.53. The van der Waals surface area contributed by atoms with Crippen molar-refractivity contribution in [3.8, 4) is 0 Å². The maximum atomic E-state index is 4.82. The van der Waals surface area contributed by atoms with Crippen LogP contribution in [-0.2, 0) is 0 Å². The van der Waals surface area contributed by atoms with Gasteiger partial charge in [0, 0.05) is 23.0 Å². The van der Waals surface area contributed by atoms with E-state index in [0.717, 1.165) is 43.3 Å². The Morgan fingerprint density at radius 3 is 2.77 bits per heavy atom. The molecule has 0 aliphatic rings. The van der Waals surface area contributed by atoms with Gasteiger partial charge in [-0.25, -0.2) is 19.5 Å². The van der Waals surface area contributed by atoms with Crippen molar-refractivity contribution in [2.24, 2.45) is 0 Å². The van der Waals surface area contributed by atoms with E-state index >= 15 is 0 Å². The quantitative estimate of drug-likeness (QED) is 0.479. The molecule has 8 heteroatoms. The van der Waals surface area contributed by atoms with Crippen molar-refractivity contribution < 1.29 is 0 Å². The molecule has 5 rings (SSSR count). The molecule has 0 aliphatic carbocycles. The van der Waals surface area contributed by atoms with Crippen LogP contribution in [0.4, 0.5) is 0 Å². The summed E-state index contributed by atoms with van der Waals surface area (Å²) in [5.74, 6) is 0.726. The van der Waals surface area contributed by atoms with Gasteiger partial charge in [-0.15, -0.1) is 16.4 Å². The van der Waals surface area contributed by atoms with Crippen LogP contribution in [0, 0.1) is 20.8 Å². The van der Waals surface area contributed by atoms with Gasteiger partial charge < -0.3 is 0 Å². The second kappa shape index (κ2) is 5.31. The van der Waals surface area contributed by atoms with Gasteiger partial charge in [-0.05, 0) is 45.4 Å². The van der Waals surface area contributed by atoms with Crippen molar-refractivity contribution in [2.75, 3.05) is 0 Å². The number of pyridine rings is 1. The van der Waals surface area contributed by atoms with Gasteiger partial charge >= 0.3 is 0 Å². The maximum Gasteiger partial charge on any atom is 0.176 e. The Kier molecular flexibility index (Phi) is 3.14. The first-order valence-electron chi connectivity index (χ1n) is 8.45. The summed E-state index contributed by atoms with van der Waals surface area (Å²) in [5, 5.41) is 10.1. The average molecular weight is 363 g/mol. The predicted octanol–water partition coefficient (Wildman–Crippen LogP) is 3.62. The molecule has 0 bridgehead atoms. The molecule has 130 valence electrons. The first kappa shape index (κ1) is 15.4. The predicted molar refractivity (Wildman–Crippen MR) is 102 cm³/mol. The van der Waals surface area contributed by atoms with Crippen LogP contribution >= 0.6 is 11.3 Å². The fraction of sp³-hybridized carbons (Fsp3) is 0.278. The van der Waals surface area contributed by atoms with Gasteiger partial charge in [0.15, 0.2) is 11.5 Å². The maximum absolute atomic E-state index is 4.82. The highest BCUT2D eigenvalue weighted by Gasteiger charge is 2.20. The molecule has 5 aromatic rings. The van der Waals surface area contributed by atoms with Crippen molar-refractivity contribution in [1.82, 2.24) is 34.3 Å². The second-order valence-corrected chi connectivity index (χ2v) is 7.62. The number of thiophene rings is 1. The summed E-state index contributed by atoms with van der Waals surface area (Å²) in [7, 11) is 0. The van der Waals surface area contributed by atoms with E-state index in [0.29, 0.717) is 0 Å². The molecule has 0 fully saturated rings.